The van der Waals surface area contributed by atoms with E-state index >= 15 is 0 Å². The highest BCUT2D eigenvalue weighted by Gasteiger charge is 2.18. The van der Waals surface area contributed by atoms with Crippen molar-refractivity contribution in [1.82, 2.24) is 9.97 Å². The van der Waals surface area contributed by atoms with E-state index < -0.39 is 0 Å². The number of nitrogens with zero attached hydrogens (tertiary/aromatic N) is 4. The summed E-state index contributed by atoms with van der Waals surface area (Å²) in [7, 11) is 0. The highest BCUT2D eigenvalue weighted by Crippen LogP contribution is 2.40. The third kappa shape index (κ3) is 7.42. The second-order valence-corrected chi connectivity index (χ2v) is 14.7. The van der Waals surface area contributed by atoms with Gasteiger partial charge < -0.3 is 9.80 Å². The van der Waals surface area contributed by atoms with Crippen LogP contribution in [0.2, 0.25) is 0 Å². The lowest BCUT2D eigenvalue weighted by molar-refractivity contribution is 1.26. The van der Waals surface area contributed by atoms with Crippen LogP contribution in [-0.4, -0.2) is 9.97 Å². The third-order valence-electron chi connectivity index (χ3n) is 10.9. The molecule has 4 nitrogen and oxygen atoms in total. The molecule has 10 aromatic rings. The first kappa shape index (κ1) is 36.3. The van der Waals surface area contributed by atoms with Crippen molar-refractivity contribution in [3.8, 4) is 44.8 Å². The quantitative estimate of drug-likeness (QED) is 0.139. The number of fused-ring (bicyclic) bond motifs is 1. The molecule has 10 rings (SSSR count). The number of anilines is 6. The second-order valence-electron chi connectivity index (χ2n) is 14.7. The monoisotopic (exact) mass is 768 g/mol. The number of benzene rings is 9. The molecule has 0 bridgehead atoms. The molecule has 0 saturated heterocycles. The fourth-order valence-electron chi connectivity index (χ4n) is 7.85. The van der Waals surface area contributed by atoms with Gasteiger partial charge in [-0.05, 0) is 107 Å². The Morgan fingerprint density at radius 1 is 0.200 bits per heavy atom. The smallest absolute Gasteiger partial charge is 0.0973 e. The Kier molecular flexibility index (Phi) is 9.92. The Morgan fingerprint density at radius 2 is 0.433 bits per heavy atom. The molecule has 0 unspecified atom stereocenters. The van der Waals surface area contributed by atoms with E-state index in [1.54, 1.807) is 0 Å². The van der Waals surface area contributed by atoms with Gasteiger partial charge in [0.15, 0.2) is 0 Å². The van der Waals surface area contributed by atoms with Crippen LogP contribution < -0.4 is 9.80 Å². The van der Waals surface area contributed by atoms with Crippen molar-refractivity contribution in [3.63, 3.8) is 0 Å². The molecule has 9 aromatic carbocycles. The van der Waals surface area contributed by atoms with E-state index in [2.05, 4.69) is 228 Å². The molecule has 284 valence electrons. The Balaban J connectivity index is 1.01. The van der Waals surface area contributed by atoms with Gasteiger partial charge in [0.2, 0.25) is 0 Å². The summed E-state index contributed by atoms with van der Waals surface area (Å²) >= 11 is 0. The summed E-state index contributed by atoms with van der Waals surface area (Å²) in [5.41, 5.74) is 16.6. The lowest BCUT2D eigenvalue weighted by atomic mass is 10.0. The van der Waals surface area contributed by atoms with Gasteiger partial charge in [-0.15, -0.1) is 0 Å². The predicted molar refractivity (Wildman–Crippen MR) is 251 cm³/mol. The lowest BCUT2D eigenvalue weighted by Gasteiger charge is -2.26. The van der Waals surface area contributed by atoms with E-state index in [0.717, 1.165) is 67.7 Å². The number of hydrogen-bond donors (Lipinski definition) is 0. The van der Waals surface area contributed by atoms with Crippen molar-refractivity contribution in [3.05, 3.63) is 243 Å². The molecule has 0 amide bonds. The van der Waals surface area contributed by atoms with E-state index in [-0.39, 0.29) is 0 Å². The normalized spacial score (nSPS) is 11.0. The highest BCUT2D eigenvalue weighted by atomic mass is 15.1. The van der Waals surface area contributed by atoms with Crippen LogP contribution >= 0.6 is 0 Å². The van der Waals surface area contributed by atoms with Crippen molar-refractivity contribution in [2.24, 2.45) is 0 Å². The molecular formula is C56H40N4. The first-order valence-electron chi connectivity index (χ1n) is 20.2. The average molecular weight is 769 g/mol. The van der Waals surface area contributed by atoms with Crippen molar-refractivity contribution in [2.75, 3.05) is 9.80 Å². The summed E-state index contributed by atoms with van der Waals surface area (Å²) in [6, 6.07) is 85.0. The molecule has 0 fully saturated rings. The Hall–Kier alpha value is -8.08. The van der Waals surface area contributed by atoms with Gasteiger partial charge in [0, 0.05) is 45.3 Å². The SMILES string of the molecule is c1ccc(-c2ccc(N(c3ccccc3)c3ccc(-c4nc5ccccc5nc4-c4ccc(N(c5ccccc5)c5ccc(-c6ccccc6)cc5)cc4)cc3)cc2)cc1. The van der Waals surface area contributed by atoms with Gasteiger partial charge in [-0.2, -0.15) is 0 Å². The van der Waals surface area contributed by atoms with Crippen LogP contribution in [0.15, 0.2) is 243 Å². The zero-order chi connectivity index (χ0) is 40.1. The van der Waals surface area contributed by atoms with Gasteiger partial charge in [0.25, 0.3) is 0 Å². The molecule has 1 heterocycles. The topological polar surface area (TPSA) is 32.3 Å². The lowest BCUT2D eigenvalue weighted by Crippen LogP contribution is -2.10. The summed E-state index contributed by atoms with van der Waals surface area (Å²) in [6.07, 6.45) is 0. The van der Waals surface area contributed by atoms with E-state index in [1.807, 2.05) is 24.3 Å². The van der Waals surface area contributed by atoms with Gasteiger partial charge in [-0.1, -0.05) is 158 Å². The molecule has 0 aliphatic carbocycles. The van der Waals surface area contributed by atoms with E-state index in [4.69, 9.17) is 9.97 Å². The minimum atomic E-state index is 0.836. The largest absolute Gasteiger partial charge is 0.311 e. The fourth-order valence-corrected chi connectivity index (χ4v) is 7.85. The van der Waals surface area contributed by atoms with Gasteiger partial charge in [0.05, 0.1) is 22.4 Å². The van der Waals surface area contributed by atoms with Gasteiger partial charge in [0.1, 0.15) is 0 Å². The zero-order valence-electron chi connectivity index (χ0n) is 32.9. The Labute approximate surface area is 351 Å². The van der Waals surface area contributed by atoms with Crippen molar-refractivity contribution >= 4 is 45.2 Å². The Morgan fingerprint density at radius 3 is 0.750 bits per heavy atom. The van der Waals surface area contributed by atoms with E-state index in [9.17, 15) is 0 Å². The van der Waals surface area contributed by atoms with Crippen molar-refractivity contribution in [1.29, 1.82) is 0 Å². The third-order valence-corrected chi connectivity index (χ3v) is 10.9. The first-order chi connectivity index (χ1) is 29.7. The van der Waals surface area contributed by atoms with Crippen LogP contribution in [0.5, 0.6) is 0 Å². The molecular weight excluding hydrogens is 729 g/mol. The number of aromatic nitrogens is 2. The molecule has 0 radical (unpaired) electrons. The molecule has 0 aliphatic rings. The van der Waals surface area contributed by atoms with Crippen LogP contribution in [0, 0.1) is 0 Å². The fraction of sp³-hybridized carbons (Fsp3) is 0. The maximum absolute atomic E-state index is 5.25. The van der Waals surface area contributed by atoms with Gasteiger partial charge >= 0.3 is 0 Å². The Bertz CT molecular complexity index is 2760. The molecule has 0 spiro atoms. The van der Waals surface area contributed by atoms with Crippen LogP contribution in [0.25, 0.3) is 55.8 Å². The average Bonchev–Trinajstić information content (AvgIpc) is 3.33. The molecule has 0 saturated carbocycles. The van der Waals surface area contributed by atoms with Crippen molar-refractivity contribution in [2.45, 2.75) is 0 Å². The van der Waals surface area contributed by atoms with Crippen LogP contribution in [0.3, 0.4) is 0 Å². The number of hydrogen-bond acceptors (Lipinski definition) is 4. The summed E-state index contributed by atoms with van der Waals surface area (Å²) in [4.78, 5) is 15.1. The maximum atomic E-state index is 5.25. The number of para-hydroxylation sites is 4. The van der Waals surface area contributed by atoms with E-state index in [0.29, 0.717) is 0 Å². The molecule has 1 aromatic heterocycles. The highest BCUT2D eigenvalue weighted by molar-refractivity contribution is 5.88. The number of rotatable bonds is 10. The minimum absolute atomic E-state index is 0.836. The molecule has 0 N–H and O–H groups in total. The summed E-state index contributed by atoms with van der Waals surface area (Å²) in [6.45, 7) is 0. The predicted octanol–water partition coefficient (Wildman–Crippen LogP) is 15.2. The minimum Gasteiger partial charge on any atom is -0.311 e. The first-order valence-corrected chi connectivity index (χ1v) is 20.2. The van der Waals surface area contributed by atoms with Crippen molar-refractivity contribution < 1.29 is 0 Å². The van der Waals surface area contributed by atoms with E-state index in [1.165, 1.54) is 22.3 Å². The summed E-state index contributed by atoms with van der Waals surface area (Å²) in [5, 5.41) is 0. The second kappa shape index (κ2) is 16.4. The summed E-state index contributed by atoms with van der Waals surface area (Å²) < 4.78 is 0. The molecule has 60 heavy (non-hydrogen) atoms. The van der Waals surface area contributed by atoms with Crippen LogP contribution in [0.1, 0.15) is 0 Å². The van der Waals surface area contributed by atoms with Crippen LogP contribution in [0.4, 0.5) is 34.1 Å². The molecule has 0 aliphatic heterocycles. The summed E-state index contributed by atoms with van der Waals surface area (Å²) in [5.74, 6) is 0. The molecule has 0 atom stereocenters. The van der Waals surface area contributed by atoms with Crippen LogP contribution in [-0.2, 0) is 0 Å². The standard InChI is InChI=1S/C56H40N4/c1-5-15-41(16-6-1)43-25-33-49(34-26-43)59(47-19-9-3-10-20-47)51-37-29-45(30-38-51)55-56(58-54-24-14-13-23-53(54)57-55)46-31-39-52(40-32-46)60(48-21-11-4-12-22-48)50-35-27-44(28-36-50)42-17-7-2-8-18-42/h1-40H. The maximum Gasteiger partial charge on any atom is 0.0973 e. The zero-order valence-corrected chi connectivity index (χ0v) is 32.9. The molecule has 4 heteroatoms. The van der Waals surface area contributed by atoms with Gasteiger partial charge in [-0.25, -0.2) is 9.97 Å². The van der Waals surface area contributed by atoms with Gasteiger partial charge in [-0.3, -0.25) is 0 Å².